The molecule has 2 N–H and O–H groups in total. The van der Waals surface area contributed by atoms with Gasteiger partial charge in [0.05, 0.1) is 0 Å². The number of amides is 4. The van der Waals surface area contributed by atoms with Gasteiger partial charge in [-0.3, -0.25) is 19.3 Å². The zero-order valence-corrected chi connectivity index (χ0v) is 15.8. The van der Waals surface area contributed by atoms with E-state index in [0.717, 1.165) is 4.90 Å². The molecule has 1 fully saturated rings. The van der Waals surface area contributed by atoms with E-state index < -0.39 is 42.5 Å². The first-order chi connectivity index (χ1) is 12.8. The minimum Gasteiger partial charge on any atom is -0.454 e. The van der Waals surface area contributed by atoms with Gasteiger partial charge in [0.25, 0.3) is 11.8 Å². The minimum absolute atomic E-state index is 0.274. The molecule has 0 aromatic heterocycles. The Bertz CT molecular complexity index is 719. The fourth-order valence-corrected chi connectivity index (χ4v) is 2.82. The second-order valence-corrected chi connectivity index (χ2v) is 6.80. The third kappa shape index (κ3) is 4.64. The van der Waals surface area contributed by atoms with Crippen molar-refractivity contribution in [3.05, 3.63) is 35.9 Å². The summed E-state index contributed by atoms with van der Waals surface area (Å²) in [5, 5.41) is 5.30. The summed E-state index contributed by atoms with van der Waals surface area (Å²) in [6, 6.07) is 8.21. The van der Waals surface area contributed by atoms with Crippen molar-refractivity contribution in [2.75, 3.05) is 19.7 Å². The quantitative estimate of drug-likeness (QED) is 0.524. The van der Waals surface area contributed by atoms with Gasteiger partial charge in [0, 0.05) is 6.54 Å². The van der Waals surface area contributed by atoms with E-state index in [2.05, 4.69) is 10.6 Å². The van der Waals surface area contributed by atoms with Crippen molar-refractivity contribution in [2.24, 2.45) is 5.92 Å². The molecule has 0 saturated carbocycles. The number of rotatable bonds is 8. The molecule has 0 radical (unpaired) electrons. The molecule has 2 rings (SSSR count). The molecule has 27 heavy (non-hydrogen) atoms. The fraction of sp³-hybridized carbons (Fsp3) is 0.474. The molecule has 4 amide bonds. The zero-order valence-electron chi connectivity index (χ0n) is 15.8. The Labute approximate surface area is 158 Å². The molecule has 0 aliphatic carbocycles. The van der Waals surface area contributed by atoms with Crippen LogP contribution in [-0.4, -0.2) is 48.4 Å². The highest BCUT2D eigenvalue weighted by molar-refractivity contribution is 6.09. The standard InChI is InChI=1S/C19H25N3O5/c1-4-19(14-8-6-5-7-9-14)17(25)22(18(26)21-19)11-16(24)27-12-15(23)20-10-13(2)3/h5-9,13H,4,10-12H2,1-3H3,(H,20,23)(H,21,26). The van der Waals surface area contributed by atoms with Gasteiger partial charge in [-0.1, -0.05) is 51.1 Å². The lowest BCUT2D eigenvalue weighted by molar-refractivity contribution is -0.151. The number of nitrogens with one attached hydrogen (secondary N) is 2. The summed E-state index contributed by atoms with van der Waals surface area (Å²) in [5.74, 6) is -1.49. The highest BCUT2D eigenvalue weighted by Gasteiger charge is 2.51. The second kappa shape index (κ2) is 8.66. The van der Waals surface area contributed by atoms with Crippen LogP contribution in [0.2, 0.25) is 0 Å². The maximum Gasteiger partial charge on any atom is 0.326 e. The van der Waals surface area contributed by atoms with Crippen LogP contribution in [0.5, 0.6) is 0 Å². The van der Waals surface area contributed by atoms with Crippen LogP contribution in [0.3, 0.4) is 0 Å². The third-order valence-corrected chi connectivity index (χ3v) is 4.33. The minimum atomic E-state index is -1.20. The monoisotopic (exact) mass is 375 g/mol. The van der Waals surface area contributed by atoms with Gasteiger partial charge < -0.3 is 15.4 Å². The third-order valence-electron chi connectivity index (χ3n) is 4.33. The number of ether oxygens (including phenoxy) is 1. The molecule has 8 nitrogen and oxygen atoms in total. The SMILES string of the molecule is CCC1(c2ccccc2)NC(=O)N(CC(=O)OCC(=O)NCC(C)C)C1=O. The largest absolute Gasteiger partial charge is 0.454 e. The van der Waals surface area contributed by atoms with E-state index in [-0.39, 0.29) is 5.92 Å². The molecule has 1 aromatic rings. The van der Waals surface area contributed by atoms with Crippen LogP contribution in [0.1, 0.15) is 32.8 Å². The van der Waals surface area contributed by atoms with Gasteiger partial charge in [-0.05, 0) is 17.9 Å². The van der Waals surface area contributed by atoms with Gasteiger partial charge in [0.2, 0.25) is 0 Å². The van der Waals surface area contributed by atoms with Crippen LogP contribution < -0.4 is 10.6 Å². The van der Waals surface area contributed by atoms with Crippen LogP contribution in [0.15, 0.2) is 30.3 Å². The Balaban J connectivity index is 1.99. The lowest BCUT2D eigenvalue weighted by atomic mass is 9.87. The van der Waals surface area contributed by atoms with Crippen molar-refractivity contribution in [1.82, 2.24) is 15.5 Å². The molecule has 1 saturated heterocycles. The molecule has 1 heterocycles. The smallest absolute Gasteiger partial charge is 0.326 e. The van der Waals surface area contributed by atoms with E-state index >= 15 is 0 Å². The Morgan fingerprint density at radius 3 is 2.48 bits per heavy atom. The summed E-state index contributed by atoms with van der Waals surface area (Å²) >= 11 is 0. The zero-order chi connectivity index (χ0) is 20.0. The van der Waals surface area contributed by atoms with Crippen molar-refractivity contribution in [3.8, 4) is 0 Å². The lowest BCUT2D eigenvalue weighted by Gasteiger charge is -2.25. The van der Waals surface area contributed by atoms with Crippen LogP contribution in [0.4, 0.5) is 4.79 Å². The Morgan fingerprint density at radius 2 is 1.89 bits per heavy atom. The number of nitrogens with zero attached hydrogens (tertiary/aromatic N) is 1. The molecule has 1 unspecified atom stereocenters. The normalized spacial score (nSPS) is 19.2. The van der Waals surface area contributed by atoms with Crippen molar-refractivity contribution < 1.29 is 23.9 Å². The maximum atomic E-state index is 12.9. The Kier molecular flexibility index (Phi) is 6.55. The summed E-state index contributed by atoms with van der Waals surface area (Å²) in [5.41, 5.74) is -0.553. The van der Waals surface area contributed by atoms with Crippen molar-refractivity contribution in [1.29, 1.82) is 0 Å². The van der Waals surface area contributed by atoms with Crippen molar-refractivity contribution in [2.45, 2.75) is 32.7 Å². The van der Waals surface area contributed by atoms with Crippen LogP contribution in [-0.2, 0) is 24.7 Å². The predicted octanol–water partition coefficient (Wildman–Crippen LogP) is 1.16. The molecule has 0 spiro atoms. The average Bonchev–Trinajstić information content (AvgIpc) is 2.90. The van der Waals surface area contributed by atoms with E-state index in [9.17, 15) is 19.2 Å². The number of hydrogen-bond acceptors (Lipinski definition) is 5. The Morgan fingerprint density at radius 1 is 1.22 bits per heavy atom. The summed E-state index contributed by atoms with van der Waals surface area (Å²) in [6.07, 6.45) is 0.338. The van der Waals surface area contributed by atoms with Crippen LogP contribution in [0, 0.1) is 5.92 Å². The van der Waals surface area contributed by atoms with Gasteiger partial charge >= 0.3 is 12.0 Å². The molecule has 1 aliphatic rings. The fourth-order valence-electron chi connectivity index (χ4n) is 2.82. The highest BCUT2D eigenvalue weighted by atomic mass is 16.5. The van der Waals surface area contributed by atoms with Gasteiger partial charge in [-0.2, -0.15) is 0 Å². The average molecular weight is 375 g/mol. The van der Waals surface area contributed by atoms with Gasteiger partial charge in [0.1, 0.15) is 12.1 Å². The number of urea groups is 1. The number of imide groups is 1. The summed E-state index contributed by atoms with van der Waals surface area (Å²) in [6.45, 7) is 5.14. The van der Waals surface area contributed by atoms with Crippen LogP contribution in [0.25, 0.3) is 0 Å². The first-order valence-electron chi connectivity index (χ1n) is 8.92. The number of benzene rings is 1. The topological polar surface area (TPSA) is 105 Å². The van der Waals surface area contributed by atoms with E-state index in [1.165, 1.54) is 0 Å². The molecular weight excluding hydrogens is 350 g/mol. The molecule has 8 heteroatoms. The van der Waals surface area contributed by atoms with E-state index in [0.29, 0.717) is 18.5 Å². The molecule has 1 aromatic carbocycles. The first kappa shape index (κ1) is 20.4. The molecule has 1 aliphatic heterocycles. The molecule has 0 bridgehead atoms. The molecule has 1 atom stereocenters. The summed E-state index contributed by atoms with van der Waals surface area (Å²) in [7, 11) is 0. The lowest BCUT2D eigenvalue weighted by Crippen LogP contribution is -2.44. The van der Waals surface area contributed by atoms with Crippen molar-refractivity contribution in [3.63, 3.8) is 0 Å². The number of carbonyl (C=O) groups is 4. The molecular formula is C19H25N3O5. The van der Waals surface area contributed by atoms with E-state index in [1.54, 1.807) is 31.2 Å². The van der Waals surface area contributed by atoms with Crippen LogP contribution >= 0.6 is 0 Å². The van der Waals surface area contributed by atoms with Gasteiger partial charge in [-0.25, -0.2) is 4.79 Å². The maximum absolute atomic E-state index is 12.9. The van der Waals surface area contributed by atoms with E-state index in [1.807, 2.05) is 19.9 Å². The summed E-state index contributed by atoms with van der Waals surface area (Å²) < 4.78 is 4.88. The Hall–Kier alpha value is -2.90. The van der Waals surface area contributed by atoms with Gasteiger partial charge in [-0.15, -0.1) is 0 Å². The predicted molar refractivity (Wildman–Crippen MR) is 97.5 cm³/mol. The second-order valence-electron chi connectivity index (χ2n) is 6.80. The number of carbonyl (C=O) groups excluding carboxylic acids is 4. The number of hydrogen-bond donors (Lipinski definition) is 2. The first-order valence-corrected chi connectivity index (χ1v) is 8.92. The summed E-state index contributed by atoms with van der Waals surface area (Å²) in [4.78, 5) is 49.6. The van der Waals surface area contributed by atoms with E-state index in [4.69, 9.17) is 4.74 Å². The van der Waals surface area contributed by atoms with Gasteiger partial charge in [0.15, 0.2) is 6.61 Å². The molecule has 146 valence electrons. The number of esters is 1. The highest BCUT2D eigenvalue weighted by Crippen LogP contribution is 2.32. The van der Waals surface area contributed by atoms with Crippen molar-refractivity contribution >= 4 is 23.8 Å².